The third-order valence-electron chi connectivity index (χ3n) is 4.33. The van der Waals surface area contributed by atoms with Crippen LogP contribution in [0.4, 0.5) is 10.2 Å². The molecule has 28 heavy (non-hydrogen) atoms. The van der Waals surface area contributed by atoms with Crippen molar-refractivity contribution in [2.75, 3.05) is 5.32 Å². The van der Waals surface area contributed by atoms with Crippen molar-refractivity contribution in [2.24, 2.45) is 5.92 Å². The highest BCUT2D eigenvalue weighted by atomic mass is 19.1. The van der Waals surface area contributed by atoms with Gasteiger partial charge in [-0.05, 0) is 48.6 Å². The molecule has 0 aliphatic carbocycles. The second-order valence-corrected chi connectivity index (χ2v) is 7.19. The third kappa shape index (κ3) is 5.46. The largest absolute Gasteiger partial charge is 0.309 e. The van der Waals surface area contributed by atoms with Gasteiger partial charge in [0.15, 0.2) is 5.82 Å². The van der Waals surface area contributed by atoms with E-state index in [-0.39, 0.29) is 11.7 Å². The summed E-state index contributed by atoms with van der Waals surface area (Å²) in [5, 5.41) is 2.90. The Bertz CT molecular complexity index is 924. The lowest BCUT2D eigenvalue weighted by Crippen LogP contribution is -2.16. The minimum atomic E-state index is -0.290. The van der Waals surface area contributed by atoms with E-state index >= 15 is 0 Å². The molecule has 3 rings (SSSR count). The Kier molecular flexibility index (Phi) is 6.48. The van der Waals surface area contributed by atoms with Gasteiger partial charge >= 0.3 is 0 Å². The van der Waals surface area contributed by atoms with Crippen molar-refractivity contribution in [2.45, 2.75) is 33.1 Å². The van der Waals surface area contributed by atoms with Gasteiger partial charge in [-0.3, -0.25) is 4.79 Å². The summed E-state index contributed by atoms with van der Waals surface area (Å²) in [6, 6.07) is 16.1. The van der Waals surface area contributed by atoms with Crippen LogP contribution in [0.5, 0.6) is 0 Å². The Morgan fingerprint density at radius 2 is 1.79 bits per heavy atom. The number of nitrogens with zero attached hydrogens (tertiary/aromatic N) is 2. The van der Waals surface area contributed by atoms with Gasteiger partial charge in [0.25, 0.3) is 0 Å². The van der Waals surface area contributed by atoms with E-state index in [9.17, 15) is 9.18 Å². The second kappa shape index (κ2) is 9.22. The number of carbonyl (C=O) groups excluding carboxylic acids is 1. The van der Waals surface area contributed by atoms with Crippen LogP contribution in [-0.4, -0.2) is 15.9 Å². The summed E-state index contributed by atoms with van der Waals surface area (Å²) in [7, 11) is 0. The number of rotatable bonds is 7. The van der Waals surface area contributed by atoms with Gasteiger partial charge in [0, 0.05) is 12.0 Å². The summed E-state index contributed by atoms with van der Waals surface area (Å²) < 4.78 is 13.2. The molecule has 1 amide bonds. The normalized spacial score (nSPS) is 10.9. The molecule has 0 bridgehead atoms. The SMILES string of the molecule is CC(C)Cc1nc(-c2ccc(F)cc2)cnc1NC(=O)CCc1ccccc1. The summed E-state index contributed by atoms with van der Waals surface area (Å²) in [6.45, 7) is 4.18. The number of hydrogen-bond donors (Lipinski definition) is 1. The molecule has 0 spiro atoms. The lowest BCUT2D eigenvalue weighted by molar-refractivity contribution is -0.116. The Labute approximate surface area is 164 Å². The van der Waals surface area contributed by atoms with Crippen molar-refractivity contribution >= 4 is 11.7 Å². The average Bonchev–Trinajstić information content (AvgIpc) is 2.69. The molecule has 0 saturated carbocycles. The van der Waals surface area contributed by atoms with Crippen molar-refractivity contribution in [3.8, 4) is 11.3 Å². The van der Waals surface area contributed by atoms with Gasteiger partial charge in [-0.25, -0.2) is 14.4 Å². The molecule has 1 N–H and O–H groups in total. The molecule has 1 aromatic heterocycles. The number of amides is 1. The fourth-order valence-electron chi connectivity index (χ4n) is 2.92. The highest BCUT2D eigenvalue weighted by molar-refractivity contribution is 5.90. The monoisotopic (exact) mass is 377 g/mol. The van der Waals surface area contributed by atoms with Crippen LogP contribution < -0.4 is 5.32 Å². The maximum atomic E-state index is 13.2. The van der Waals surface area contributed by atoms with Crippen LogP contribution in [0.3, 0.4) is 0 Å². The Hall–Kier alpha value is -3.08. The smallest absolute Gasteiger partial charge is 0.225 e. The molecule has 144 valence electrons. The van der Waals surface area contributed by atoms with E-state index in [1.54, 1.807) is 18.3 Å². The van der Waals surface area contributed by atoms with Crippen LogP contribution in [0.15, 0.2) is 60.8 Å². The molecule has 0 unspecified atom stereocenters. The molecular formula is C23H24FN3O. The number of hydrogen-bond acceptors (Lipinski definition) is 3. The number of anilines is 1. The highest BCUT2D eigenvalue weighted by Crippen LogP contribution is 2.22. The molecule has 1 heterocycles. The van der Waals surface area contributed by atoms with Gasteiger partial charge in [0.05, 0.1) is 17.6 Å². The number of carbonyl (C=O) groups is 1. The van der Waals surface area contributed by atoms with Crippen LogP contribution >= 0.6 is 0 Å². The van der Waals surface area contributed by atoms with Gasteiger partial charge in [-0.1, -0.05) is 44.2 Å². The van der Waals surface area contributed by atoms with Crippen molar-refractivity contribution in [3.05, 3.63) is 77.9 Å². The van der Waals surface area contributed by atoms with Crippen LogP contribution in [0.25, 0.3) is 11.3 Å². The first-order chi connectivity index (χ1) is 13.5. The molecule has 0 radical (unpaired) electrons. The van der Waals surface area contributed by atoms with Gasteiger partial charge < -0.3 is 5.32 Å². The molecule has 2 aromatic carbocycles. The van der Waals surface area contributed by atoms with E-state index in [2.05, 4.69) is 29.1 Å². The van der Waals surface area contributed by atoms with Gasteiger partial charge in [0.1, 0.15) is 5.82 Å². The zero-order valence-corrected chi connectivity index (χ0v) is 16.2. The van der Waals surface area contributed by atoms with Gasteiger partial charge in [-0.2, -0.15) is 0 Å². The number of benzene rings is 2. The molecule has 0 aliphatic rings. The standard InChI is InChI=1S/C23H24FN3O/c1-16(2)14-20-23(27-22(28)13-8-17-6-4-3-5-7-17)25-15-21(26-20)18-9-11-19(24)12-10-18/h3-7,9-12,15-16H,8,13-14H2,1-2H3,(H,25,27,28). The van der Waals surface area contributed by atoms with E-state index in [1.165, 1.54) is 12.1 Å². The summed E-state index contributed by atoms with van der Waals surface area (Å²) >= 11 is 0. The van der Waals surface area contributed by atoms with Crippen molar-refractivity contribution < 1.29 is 9.18 Å². The third-order valence-corrected chi connectivity index (χ3v) is 4.33. The number of aryl methyl sites for hydroxylation is 1. The lowest BCUT2D eigenvalue weighted by Gasteiger charge is -2.13. The summed E-state index contributed by atoms with van der Waals surface area (Å²) in [5.74, 6) is 0.481. The highest BCUT2D eigenvalue weighted by Gasteiger charge is 2.13. The van der Waals surface area contributed by atoms with Crippen molar-refractivity contribution in [1.29, 1.82) is 0 Å². The number of halogens is 1. The fourth-order valence-corrected chi connectivity index (χ4v) is 2.92. The Morgan fingerprint density at radius 3 is 2.46 bits per heavy atom. The predicted molar refractivity (Wildman–Crippen MR) is 109 cm³/mol. The number of nitrogens with one attached hydrogen (secondary N) is 1. The van der Waals surface area contributed by atoms with E-state index in [1.807, 2.05) is 30.3 Å². The molecule has 5 heteroatoms. The number of aromatic nitrogens is 2. The average molecular weight is 377 g/mol. The molecule has 0 fully saturated rings. The Balaban J connectivity index is 1.75. The van der Waals surface area contributed by atoms with E-state index in [0.29, 0.717) is 36.7 Å². The predicted octanol–water partition coefficient (Wildman–Crippen LogP) is 5.05. The van der Waals surface area contributed by atoms with Crippen molar-refractivity contribution in [3.63, 3.8) is 0 Å². The minimum absolute atomic E-state index is 0.0855. The summed E-state index contributed by atoms with van der Waals surface area (Å²) in [6.07, 6.45) is 3.36. The molecule has 3 aromatic rings. The molecule has 0 atom stereocenters. The summed E-state index contributed by atoms with van der Waals surface area (Å²) in [5.41, 5.74) is 3.32. The zero-order chi connectivity index (χ0) is 19.9. The fraction of sp³-hybridized carbons (Fsp3) is 0.261. The van der Waals surface area contributed by atoms with Crippen LogP contribution in [-0.2, 0) is 17.6 Å². The topological polar surface area (TPSA) is 54.9 Å². The Morgan fingerprint density at radius 1 is 1.07 bits per heavy atom. The zero-order valence-electron chi connectivity index (χ0n) is 16.2. The molecule has 0 saturated heterocycles. The van der Waals surface area contributed by atoms with Crippen molar-refractivity contribution in [1.82, 2.24) is 9.97 Å². The molecule has 0 aliphatic heterocycles. The second-order valence-electron chi connectivity index (χ2n) is 7.19. The quantitative estimate of drug-likeness (QED) is 0.627. The van der Waals surface area contributed by atoms with E-state index in [4.69, 9.17) is 0 Å². The first-order valence-corrected chi connectivity index (χ1v) is 9.47. The first kappa shape index (κ1) is 19.7. The first-order valence-electron chi connectivity index (χ1n) is 9.47. The molecule has 4 nitrogen and oxygen atoms in total. The van der Waals surface area contributed by atoms with Gasteiger partial charge in [-0.15, -0.1) is 0 Å². The van der Waals surface area contributed by atoms with E-state index < -0.39 is 0 Å². The van der Waals surface area contributed by atoms with Crippen LogP contribution in [0.1, 0.15) is 31.5 Å². The lowest BCUT2D eigenvalue weighted by atomic mass is 10.1. The molecular weight excluding hydrogens is 353 g/mol. The van der Waals surface area contributed by atoms with Gasteiger partial charge in [0.2, 0.25) is 5.91 Å². The maximum absolute atomic E-state index is 13.2. The minimum Gasteiger partial charge on any atom is -0.309 e. The van der Waals surface area contributed by atoms with E-state index in [0.717, 1.165) is 16.8 Å². The maximum Gasteiger partial charge on any atom is 0.225 e. The van der Waals surface area contributed by atoms with Crippen LogP contribution in [0, 0.1) is 11.7 Å². The van der Waals surface area contributed by atoms with Crippen LogP contribution in [0.2, 0.25) is 0 Å². The summed E-state index contributed by atoms with van der Waals surface area (Å²) in [4.78, 5) is 21.5.